The van der Waals surface area contributed by atoms with Gasteiger partial charge in [0.25, 0.3) is 0 Å². The predicted molar refractivity (Wildman–Crippen MR) is 85.5 cm³/mol. The number of hydrogen-bond acceptors (Lipinski definition) is 3. The van der Waals surface area contributed by atoms with E-state index in [4.69, 9.17) is 5.73 Å². The number of fused-ring (bicyclic) bond motifs is 1. The number of primary amides is 1. The molecule has 2 N–H and O–H groups in total. The van der Waals surface area contributed by atoms with Crippen molar-refractivity contribution in [3.8, 4) is 0 Å². The second-order valence-electron chi connectivity index (χ2n) is 6.42. The van der Waals surface area contributed by atoms with Crippen molar-refractivity contribution in [2.75, 3.05) is 24.5 Å². The van der Waals surface area contributed by atoms with Gasteiger partial charge in [-0.25, -0.2) is 0 Å². The van der Waals surface area contributed by atoms with E-state index in [-0.39, 0.29) is 23.8 Å². The molecule has 118 valence electrons. The van der Waals surface area contributed by atoms with Gasteiger partial charge in [0, 0.05) is 18.3 Å². The molecule has 2 amide bonds. The molecule has 0 spiro atoms. The predicted octanol–water partition coefficient (Wildman–Crippen LogP) is 1.16. The molecule has 0 aliphatic carbocycles. The van der Waals surface area contributed by atoms with Crippen LogP contribution in [0.25, 0.3) is 0 Å². The first kappa shape index (κ1) is 15.0. The number of rotatable bonds is 3. The largest absolute Gasteiger partial charge is 0.369 e. The summed E-state index contributed by atoms with van der Waals surface area (Å²) in [5.74, 6) is -0.260. The quantitative estimate of drug-likeness (QED) is 0.911. The van der Waals surface area contributed by atoms with Gasteiger partial charge in [-0.1, -0.05) is 18.2 Å². The van der Waals surface area contributed by atoms with Crippen LogP contribution in [0.1, 0.15) is 25.3 Å². The fraction of sp³-hybridized carbons (Fsp3) is 0.529. The lowest BCUT2D eigenvalue weighted by Gasteiger charge is -2.32. The van der Waals surface area contributed by atoms with Crippen LogP contribution in [0.3, 0.4) is 0 Å². The topological polar surface area (TPSA) is 66.6 Å². The lowest BCUT2D eigenvalue weighted by atomic mass is 9.97. The second kappa shape index (κ2) is 6.08. The summed E-state index contributed by atoms with van der Waals surface area (Å²) in [5.41, 5.74) is 7.67. The molecule has 5 heteroatoms. The summed E-state index contributed by atoms with van der Waals surface area (Å²) in [5, 5.41) is 0. The number of piperidine rings is 1. The van der Waals surface area contributed by atoms with Crippen LogP contribution in [0.4, 0.5) is 5.69 Å². The number of para-hydroxylation sites is 1. The van der Waals surface area contributed by atoms with Gasteiger partial charge in [0.1, 0.15) is 0 Å². The van der Waals surface area contributed by atoms with E-state index in [1.807, 2.05) is 23.1 Å². The summed E-state index contributed by atoms with van der Waals surface area (Å²) >= 11 is 0. The Hall–Kier alpha value is -1.88. The monoisotopic (exact) mass is 301 g/mol. The van der Waals surface area contributed by atoms with Gasteiger partial charge >= 0.3 is 0 Å². The molecular weight excluding hydrogens is 278 g/mol. The zero-order valence-electron chi connectivity index (χ0n) is 13.0. The molecule has 3 rings (SSSR count). The minimum Gasteiger partial charge on any atom is -0.369 e. The molecular formula is C17H23N3O2. The molecule has 2 aliphatic rings. The average Bonchev–Trinajstić information content (AvgIpc) is 2.83. The molecule has 0 unspecified atom stereocenters. The third-order valence-corrected chi connectivity index (χ3v) is 4.74. The molecule has 0 bridgehead atoms. The summed E-state index contributed by atoms with van der Waals surface area (Å²) in [6.45, 7) is 3.91. The third kappa shape index (κ3) is 2.86. The molecule has 1 aromatic rings. The van der Waals surface area contributed by atoms with Gasteiger partial charge in [-0.2, -0.15) is 0 Å². The van der Waals surface area contributed by atoms with Gasteiger partial charge in [-0.05, 0) is 44.4 Å². The van der Waals surface area contributed by atoms with Crippen molar-refractivity contribution in [2.24, 2.45) is 11.7 Å². The number of benzene rings is 1. The highest BCUT2D eigenvalue weighted by Crippen LogP contribution is 2.32. The molecule has 1 fully saturated rings. The first-order valence-electron chi connectivity index (χ1n) is 7.98. The maximum absolute atomic E-state index is 12.7. The van der Waals surface area contributed by atoms with Crippen LogP contribution in [0, 0.1) is 5.92 Å². The second-order valence-corrected chi connectivity index (χ2v) is 6.42. The molecule has 0 saturated carbocycles. The number of amides is 2. The summed E-state index contributed by atoms with van der Waals surface area (Å²) < 4.78 is 0. The summed E-state index contributed by atoms with van der Waals surface area (Å²) in [6.07, 6.45) is 2.67. The smallest absolute Gasteiger partial charge is 0.241 e. The van der Waals surface area contributed by atoms with Crippen molar-refractivity contribution in [3.63, 3.8) is 0 Å². The van der Waals surface area contributed by atoms with Crippen molar-refractivity contribution in [2.45, 2.75) is 32.2 Å². The lowest BCUT2D eigenvalue weighted by Crippen LogP contribution is -2.47. The Morgan fingerprint density at radius 2 is 2.09 bits per heavy atom. The van der Waals surface area contributed by atoms with E-state index in [2.05, 4.69) is 17.9 Å². The number of nitrogens with zero attached hydrogens (tertiary/aromatic N) is 2. The Bertz CT molecular complexity index is 587. The number of carbonyl (C=O) groups excluding carboxylic acids is 2. The van der Waals surface area contributed by atoms with Crippen molar-refractivity contribution in [1.29, 1.82) is 0 Å². The van der Waals surface area contributed by atoms with Crippen LogP contribution in [-0.2, 0) is 16.0 Å². The fourth-order valence-corrected chi connectivity index (χ4v) is 3.64. The Balaban J connectivity index is 1.68. The van der Waals surface area contributed by atoms with Crippen molar-refractivity contribution in [1.82, 2.24) is 4.90 Å². The van der Waals surface area contributed by atoms with Gasteiger partial charge in [-0.3, -0.25) is 14.5 Å². The van der Waals surface area contributed by atoms with Crippen LogP contribution in [-0.4, -0.2) is 42.4 Å². The van der Waals surface area contributed by atoms with Crippen molar-refractivity contribution < 1.29 is 9.59 Å². The zero-order valence-corrected chi connectivity index (χ0v) is 13.0. The molecule has 2 heterocycles. The van der Waals surface area contributed by atoms with E-state index in [0.29, 0.717) is 13.1 Å². The number of likely N-dealkylation sites (tertiary alicyclic amines) is 1. The highest BCUT2D eigenvalue weighted by molar-refractivity contribution is 5.97. The zero-order chi connectivity index (χ0) is 15.7. The molecule has 1 aromatic carbocycles. The maximum atomic E-state index is 12.7. The molecule has 0 radical (unpaired) electrons. The molecule has 5 nitrogen and oxygen atoms in total. The van der Waals surface area contributed by atoms with Crippen LogP contribution < -0.4 is 10.6 Å². The van der Waals surface area contributed by atoms with Crippen LogP contribution in [0.2, 0.25) is 0 Å². The molecule has 1 saturated heterocycles. The van der Waals surface area contributed by atoms with Crippen LogP contribution in [0.5, 0.6) is 0 Å². The van der Waals surface area contributed by atoms with Crippen molar-refractivity contribution in [3.05, 3.63) is 29.8 Å². The van der Waals surface area contributed by atoms with Crippen LogP contribution in [0.15, 0.2) is 24.3 Å². The first-order chi connectivity index (χ1) is 10.6. The molecule has 0 aromatic heterocycles. The lowest BCUT2D eigenvalue weighted by molar-refractivity contribution is -0.125. The minimum atomic E-state index is -0.253. The number of nitrogens with two attached hydrogens (primary N) is 1. The van der Waals surface area contributed by atoms with Gasteiger partial charge in [-0.15, -0.1) is 0 Å². The average molecular weight is 301 g/mol. The summed E-state index contributed by atoms with van der Waals surface area (Å²) in [4.78, 5) is 28.1. The molecule has 22 heavy (non-hydrogen) atoms. The highest BCUT2D eigenvalue weighted by atomic mass is 16.2. The van der Waals surface area contributed by atoms with E-state index in [9.17, 15) is 9.59 Å². The Kier molecular flexibility index (Phi) is 4.16. The minimum absolute atomic E-state index is 0.113. The number of carbonyl (C=O) groups is 2. The number of anilines is 1. The van der Waals surface area contributed by atoms with Crippen LogP contribution >= 0.6 is 0 Å². The fourth-order valence-electron chi connectivity index (χ4n) is 3.64. The Morgan fingerprint density at radius 1 is 1.32 bits per heavy atom. The summed E-state index contributed by atoms with van der Waals surface area (Å²) in [7, 11) is 0. The Labute approximate surface area is 131 Å². The normalized spacial score (nSPS) is 25.0. The Morgan fingerprint density at radius 3 is 2.86 bits per heavy atom. The maximum Gasteiger partial charge on any atom is 0.241 e. The number of hydrogen-bond donors (Lipinski definition) is 1. The van der Waals surface area contributed by atoms with Gasteiger partial charge in [0.15, 0.2) is 0 Å². The van der Waals surface area contributed by atoms with Gasteiger partial charge < -0.3 is 10.6 Å². The van der Waals surface area contributed by atoms with E-state index in [1.54, 1.807) is 0 Å². The molecule has 2 atom stereocenters. The van der Waals surface area contributed by atoms with E-state index >= 15 is 0 Å². The molecule has 2 aliphatic heterocycles. The standard InChI is InChI=1S/C17H23N3O2/c1-12-9-13-5-2-3-7-15(13)20(12)16(21)11-19-8-4-6-14(10-19)17(18)22/h2-3,5,7,12,14H,4,6,8-11H2,1H3,(H2,18,22)/t12-,14-/m0/s1. The van der Waals surface area contributed by atoms with Gasteiger partial charge in [0.2, 0.25) is 11.8 Å². The van der Waals surface area contributed by atoms with Crippen molar-refractivity contribution >= 4 is 17.5 Å². The summed E-state index contributed by atoms with van der Waals surface area (Å²) in [6, 6.07) is 8.28. The highest BCUT2D eigenvalue weighted by Gasteiger charge is 2.32. The first-order valence-corrected chi connectivity index (χ1v) is 7.98. The van der Waals surface area contributed by atoms with Gasteiger partial charge in [0.05, 0.1) is 12.5 Å². The third-order valence-electron chi connectivity index (χ3n) is 4.74. The van der Waals surface area contributed by atoms with E-state index < -0.39 is 0 Å². The SMILES string of the molecule is C[C@H]1Cc2ccccc2N1C(=O)CN1CCC[C@H](C(N)=O)C1. The van der Waals surface area contributed by atoms with E-state index in [0.717, 1.165) is 31.5 Å². The van der Waals surface area contributed by atoms with E-state index in [1.165, 1.54) is 5.56 Å².